The van der Waals surface area contributed by atoms with Crippen molar-refractivity contribution in [3.8, 4) is 5.88 Å². The van der Waals surface area contributed by atoms with Crippen LogP contribution in [0.1, 0.15) is 11.7 Å². The van der Waals surface area contributed by atoms with Gasteiger partial charge in [0.25, 0.3) is 0 Å². The molecular formula is C16H19NO7. The minimum atomic E-state index is -1.70. The van der Waals surface area contributed by atoms with Gasteiger partial charge in [0.15, 0.2) is 6.10 Å². The van der Waals surface area contributed by atoms with Gasteiger partial charge in [0.05, 0.1) is 5.52 Å². The van der Waals surface area contributed by atoms with Gasteiger partial charge in [-0.15, -0.1) is 0 Å². The standard InChI is InChI=1S/C16H19NO7/c1-7(18)17-9-5-3-2-4-8(9)6-10(17)24-16-14(22)12(20)11(19)13(21)15(16)23/h2-6,11-16,19-23H,1H3/t11?,12-,13+,14+,15-,16?. The number of ether oxygens (including phenoxy) is 1. The van der Waals surface area contributed by atoms with Gasteiger partial charge in [-0.2, -0.15) is 0 Å². The fraction of sp³-hybridized carbons (Fsp3) is 0.438. The summed E-state index contributed by atoms with van der Waals surface area (Å²) in [5.74, 6) is -0.283. The lowest BCUT2D eigenvalue weighted by molar-refractivity contribution is -0.217. The quantitative estimate of drug-likeness (QED) is 0.468. The number of carbonyl (C=O) groups excluding carboxylic acids is 1. The molecule has 3 rings (SSSR count). The smallest absolute Gasteiger partial charge is 0.230 e. The minimum Gasteiger partial charge on any atom is -0.469 e. The summed E-state index contributed by atoms with van der Waals surface area (Å²) in [5, 5.41) is 50.0. The average Bonchev–Trinajstić information content (AvgIpc) is 2.93. The summed E-state index contributed by atoms with van der Waals surface area (Å²) in [5.41, 5.74) is 0.584. The third-order valence-corrected chi connectivity index (χ3v) is 4.32. The van der Waals surface area contributed by atoms with Gasteiger partial charge < -0.3 is 30.3 Å². The summed E-state index contributed by atoms with van der Waals surface area (Å²) in [6, 6.07) is 8.57. The predicted molar refractivity (Wildman–Crippen MR) is 82.7 cm³/mol. The number of hydrogen-bond acceptors (Lipinski definition) is 7. The van der Waals surface area contributed by atoms with Crippen LogP contribution >= 0.6 is 0 Å². The fourth-order valence-corrected chi connectivity index (χ4v) is 3.02. The second-order valence-electron chi connectivity index (χ2n) is 5.93. The van der Waals surface area contributed by atoms with E-state index in [1.54, 1.807) is 30.3 Å². The molecule has 0 radical (unpaired) electrons. The first-order valence-electron chi connectivity index (χ1n) is 7.51. The number of aromatic nitrogens is 1. The van der Waals surface area contributed by atoms with Crippen molar-refractivity contribution in [2.75, 3.05) is 0 Å². The zero-order valence-electron chi connectivity index (χ0n) is 12.9. The third-order valence-electron chi connectivity index (χ3n) is 4.32. The highest BCUT2D eigenvalue weighted by molar-refractivity contribution is 5.93. The number of aliphatic hydroxyl groups is 5. The van der Waals surface area contributed by atoms with E-state index in [1.165, 1.54) is 11.5 Å². The molecule has 2 unspecified atom stereocenters. The van der Waals surface area contributed by atoms with Gasteiger partial charge >= 0.3 is 0 Å². The van der Waals surface area contributed by atoms with Gasteiger partial charge in [-0.1, -0.05) is 18.2 Å². The molecule has 0 saturated heterocycles. The Hall–Kier alpha value is -1.97. The number of hydrogen-bond donors (Lipinski definition) is 5. The maximum atomic E-state index is 11.9. The summed E-state index contributed by atoms with van der Waals surface area (Å²) >= 11 is 0. The Morgan fingerprint density at radius 2 is 1.50 bits per heavy atom. The van der Waals surface area contributed by atoms with E-state index in [9.17, 15) is 30.3 Å². The lowest BCUT2D eigenvalue weighted by Crippen LogP contribution is -2.65. The Labute approximate surface area is 137 Å². The average molecular weight is 337 g/mol. The first-order valence-corrected chi connectivity index (χ1v) is 7.51. The molecule has 1 aromatic carbocycles. The SMILES string of the molecule is CC(=O)n1c(OC2[C@@H](O)[C@H](O)C(O)[C@H](O)[C@H]2O)cc2ccccc21. The van der Waals surface area contributed by atoms with Gasteiger partial charge in [-0.3, -0.25) is 9.36 Å². The van der Waals surface area contributed by atoms with Crippen LogP contribution in [0.5, 0.6) is 5.88 Å². The van der Waals surface area contributed by atoms with Crippen molar-refractivity contribution in [1.82, 2.24) is 4.57 Å². The molecular weight excluding hydrogens is 318 g/mol. The minimum absolute atomic E-state index is 0.0580. The zero-order chi connectivity index (χ0) is 17.6. The van der Waals surface area contributed by atoms with Crippen molar-refractivity contribution in [3.05, 3.63) is 30.3 Å². The highest BCUT2D eigenvalue weighted by Crippen LogP contribution is 2.30. The lowest BCUT2D eigenvalue weighted by Gasteiger charge is -2.41. The molecule has 1 heterocycles. The molecule has 1 aliphatic carbocycles. The summed E-state index contributed by atoms with van der Waals surface area (Å²) in [7, 11) is 0. The number of nitrogens with zero attached hydrogens (tertiary/aromatic N) is 1. The van der Waals surface area contributed by atoms with Crippen LogP contribution in [-0.2, 0) is 0 Å². The first kappa shape index (κ1) is 16.9. The summed E-state index contributed by atoms with van der Waals surface area (Å²) in [6.45, 7) is 1.33. The maximum Gasteiger partial charge on any atom is 0.230 e. The normalized spacial score (nSPS) is 33.6. The van der Waals surface area contributed by atoms with E-state index < -0.39 is 36.6 Å². The topological polar surface area (TPSA) is 132 Å². The van der Waals surface area contributed by atoms with Crippen LogP contribution in [0.4, 0.5) is 0 Å². The highest BCUT2D eigenvalue weighted by Gasteiger charge is 2.50. The summed E-state index contributed by atoms with van der Waals surface area (Å²) in [4.78, 5) is 11.9. The van der Waals surface area contributed by atoms with Crippen LogP contribution < -0.4 is 4.74 Å². The van der Waals surface area contributed by atoms with E-state index in [-0.39, 0.29) is 11.8 Å². The third kappa shape index (κ3) is 2.58. The Bertz CT molecular complexity index is 742. The van der Waals surface area contributed by atoms with Crippen molar-refractivity contribution in [1.29, 1.82) is 0 Å². The molecule has 8 nitrogen and oxygen atoms in total. The molecule has 0 spiro atoms. The predicted octanol–water partition coefficient (Wildman–Crippen LogP) is -1.13. The van der Waals surface area contributed by atoms with E-state index in [0.29, 0.717) is 10.9 Å². The molecule has 0 bridgehead atoms. The molecule has 24 heavy (non-hydrogen) atoms. The van der Waals surface area contributed by atoms with Crippen molar-refractivity contribution in [2.24, 2.45) is 0 Å². The van der Waals surface area contributed by atoms with Crippen LogP contribution in [0.3, 0.4) is 0 Å². The molecule has 2 aromatic rings. The molecule has 6 atom stereocenters. The molecule has 130 valence electrons. The monoisotopic (exact) mass is 337 g/mol. The first-order chi connectivity index (χ1) is 11.3. The van der Waals surface area contributed by atoms with Gasteiger partial charge in [0.2, 0.25) is 11.8 Å². The number of benzene rings is 1. The lowest BCUT2D eigenvalue weighted by atomic mass is 9.85. The largest absolute Gasteiger partial charge is 0.469 e. The molecule has 1 fully saturated rings. The Morgan fingerprint density at radius 1 is 0.958 bits per heavy atom. The Balaban J connectivity index is 2.00. The molecule has 0 aliphatic heterocycles. The number of fused-ring (bicyclic) bond motifs is 1. The molecule has 1 aromatic heterocycles. The van der Waals surface area contributed by atoms with Gasteiger partial charge in [-0.05, 0) is 6.07 Å². The van der Waals surface area contributed by atoms with Crippen molar-refractivity contribution >= 4 is 16.8 Å². The molecule has 1 saturated carbocycles. The van der Waals surface area contributed by atoms with Crippen molar-refractivity contribution in [2.45, 2.75) is 43.5 Å². The van der Waals surface area contributed by atoms with Crippen LogP contribution in [0.2, 0.25) is 0 Å². The van der Waals surface area contributed by atoms with Crippen LogP contribution in [0, 0.1) is 0 Å². The molecule has 0 amide bonds. The Kier molecular flexibility index (Phi) is 4.33. The van der Waals surface area contributed by atoms with Crippen molar-refractivity contribution in [3.63, 3.8) is 0 Å². The van der Waals surface area contributed by atoms with Crippen LogP contribution in [0.15, 0.2) is 30.3 Å². The fourth-order valence-electron chi connectivity index (χ4n) is 3.02. The highest BCUT2D eigenvalue weighted by atomic mass is 16.5. The van der Waals surface area contributed by atoms with Crippen LogP contribution in [0.25, 0.3) is 10.9 Å². The Morgan fingerprint density at radius 3 is 2.08 bits per heavy atom. The number of rotatable bonds is 2. The van der Waals surface area contributed by atoms with E-state index in [2.05, 4.69) is 0 Å². The van der Waals surface area contributed by atoms with Crippen molar-refractivity contribution < 1.29 is 35.1 Å². The number of para-hydroxylation sites is 1. The van der Waals surface area contributed by atoms with Gasteiger partial charge in [0.1, 0.15) is 30.5 Å². The second-order valence-corrected chi connectivity index (χ2v) is 5.93. The molecule has 5 N–H and O–H groups in total. The van der Waals surface area contributed by atoms with E-state index in [0.717, 1.165) is 0 Å². The van der Waals surface area contributed by atoms with Gasteiger partial charge in [-0.25, -0.2) is 0 Å². The van der Waals surface area contributed by atoms with E-state index in [4.69, 9.17) is 4.74 Å². The van der Waals surface area contributed by atoms with Crippen LogP contribution in [-0.4, -0.2) is 72.6 Å². The number of aliphatic hydroxyl groups excluding tert-OH is 5. The maximum absolute atomic E-state index is 11.9. The zero-order valence-corrected chi connectivity index (χ0v) is 12.9. The van der Waals surface area contributed by atoms with Gasteiger partial charge in [0, 0.05) is 18.4 Å². The molecule has 8 heteroatoms. The molecule has 1 aliphatic rings. The number of carbonyl (C=O) groups is 1. The van der Waals surface area contributed by atoms with E-state index >= 15 is 0 Å². The summed E-state index contributed by atoms with van der Waals surface area (Å²) in [6.07, 6.45) is -9.78. The summed E-state index contributed by atoms with van der Waals surface area (Å²) < 4.78 is 6.82. The van der Waals surface area contributed by atoms with E-state index in [1.807, 2.05) is 0 Å². The second kappa shape index (κ2) is 6.15.